The summed E-state index contributed by atoms with van der Waals surface area (Å²) in [6.45, 7) is 6.15. The number of ether oxygens (including phenoxy) is 3. The lowest BCUT2D eigenvalue weighted by Gasteiger charge is -2.18. The minimum Gasteiger partial charge on any atom is -0.462 e. The van der Waals surface area contributed by atoms with Gasteiger partial charge >= 0.3 is 17.9 Å². The molecule has 1 unspecified atom stereocenters. The molecule has 0 radical (unpaired) electrons. The predicted molar refractivity (Wildman–Crippen MR) is 279 cm³/mol. The zero-order valence-electron chi connectivity index (χ0n) is 41.2. The Morgan fingerprint density at radius 2 is 0.600 bits per heavy atom. The van der Waals surface area contributed by atoms with Crippen LogP contribution in [0, 0.1) is 0 Å². The van der Waals surface area contributed by atoms with Gasteiger partial charge in [-0.05, 0) is 116 Å². The zero-order valence-corrected chi connectivity index (χ0v) is 41.2. The van der Waals surface area contributed by atoms with Gasteiger partial charge in [-0.1, -0.05) is 199 Å². The molecule has 0 spiro atoms. The Morgan fingerprint density at radius 3 is 0.938 bits per heavy atom. The molecule has 0 N–H and O–H groups in total. The van der Waals surface area contributed by atoms with Crippen LogP contribution in [0.4, 0.5) is 0 Å². The summed E-state index contributed by atoms with van der Waals surface area (Å²) in [6, 6.07) is 0. The Labute approximate surface area is 397 Å². The summed E-state index contributed by atoms with van der Waals surface area (Å²) in [5, 5.41) is 0. The van der Waals surface area contributed by atoms with E-state index in [1.54, 1.807) is 6.08 Å². The lowest BCUT2D eigenvalue weighted by Crippen LogP contribution is -2.30. The van der Waals surface area contributed by atoms with Gasteiger partial charge in [-0.2, -0.15) is 0 Å². The van der Waals surface area contributed by atoms with Crippen LogP contribution in [0.3, 0.4) is 0 Å². The molecule has 0 aromatic heterocycles. The van der Waals surface area contributed by atoms with Crippen LogP contribution in [-0.2, 0) is 28.6 Å². The number of allylic oxidation sites excluding steroid dienone is 23. The molecule has 1 atom stereocenters. The van der Waals surface area contributed by atoms with Crippen molar-refractivity contribution in [1.29, 1.82) is 0 Å². The number of esters is 3. The molecule has 0 heterocycles. The predicted octanol–water partition coefficient (Wildman–Crippen LogP) is 16.9. The average Bonchev–Trinajstić information content (AvgIpc) is 3.30. The van der Waals surface area contributed by atoms with Crippen LogP contribution in [0.15, 0.2) is 146 Å². The van der Waals surface area contributed by atoms with Crippen molar-refractivity contribution >= 4 is 17.9 Å². The van der Waals surface area contributed by atoms with Crippen LogP contribution < -0.4 is 0 Å². The van der Waals surface area contributed by atoms with Crippen LogP contribution in [-0.4, -0.2) is 37.2 Å². The van der Waals surface area contributed by atoms with Gasteiger partial charge in [0.2, 0.25) is 0 Å². The Morgan fingerprint density at radius 1 is 0.323 bits per heavy atom. The fraction of sp³-hybridized carbons (Fsp3) is 0.542. The van der Waals surface area contributed by atoms with Gasteiger partial charge in [0.15, 0.2) is 6.10 Å². The minimum atomic E-state index is -0.856. The third kappa shape index (κ3) is 50.2. The summed E-state index contributed by atoms with van der Waals surface area (Å²) >= 11 is 0. The highest BCUT2D eigenvalue weighted by molar-refractivity contribution is 5.72. The van der Waals surface area contributed by atoms with E-state index in [9.17, 15) is 14.4 Å². The number of carbonyl (C=O) groups excluding carboxylic acids is 3. The summed E-state index contributed by atoms with van der Waals surface area (Å²) in [6.07, 6.45) is 74.2. The normalized spacial score (nSPS) is 13.3. The van der Waals surface area contributed by atoms with Crippen LogP contribution in [0.1, 0.15) is 188 Å². The maximum Gasteiger partial charge on any atom is 0.310 e. The molecular formula is C59H90O6. The minimum absolute atomic E-state index is 0.0800. The highest BCUT2D eigenvalue weighted by atomic mass is 16.6. The molecule has 0 aliphatic heterocycles. The van der Waals surface area contributed by atoms with Crippen LogP contribution >= 0.6 is 0 Å². The monoisotopic (exact) mass is 895 g/mol. The van der Waals surface area contributed by atoms with Gasteiger partial charge in [0.25, 0.3) is 0 Å². The molecule has 0 aliphatic rings. The van der Waals surface area contributed by atoms with E-state index < -0.39 is 12.1 Å². The molecule has 0 fully saturated rings. The van der Waals surface area contributed by atoms with Crippen molar-refractivity contribution in [2.24, 2.45) is 0 Å². The lowest BCUT2D eigenvalue weighted by atomic mass is 10.1. The highest BCUT2D eigenvalue weighted by Crippen LogP contribution is 2.11. The van der Waals surface area contributed by atoms with Crippen molar-refractivity contribution in [3.63, 3.8) is 0 Å². The molecule has 0 amide bonds. The first-order valence-electron chi connectivity index (χ1n) is 25.3. The van der Waals surface area contributed by atoms with Gasteiger partial charge < -0.3 is 14.2 Å². The molecule has 6 heteroatoms. The number of hydrogen-bond acceptors (Lipinski definition) is 6. The smallest absolute Gasteiger partial charge is 0.310 e. The third-order valence-corrected chi connectivity index (χ3v) is 9.85. The van der Waals surface area contributed by atoms with Crippen molar-refractivity contribution in [2.45, 2.75) is 194 Å². The van der Waals surface area contributed by atoms with Gasteiger partial charge in [-0.3, -0.25) is 14.4 Å². The number of unbranched alkanes of at least 4 members (excludes halogenated alkanes) is 9. The second kappa shape index (κ2) is 51.9. The van der Waals surface area contributed by atoms with E-state index in [2.05, 4.69) is 154 Å². The summed E-state index contributed by atoms with van der Waals surface area (Å²) < 4.78 is 16.6. The van der Waals surface area contributed by atoms with E-state index >= 15 is 0 Å². The van der Waals surface area contributed by atoms with E-state index in [1.165, 1.54) is 0 Å². The first-order chi connectivity index (χ1) is 32.0. The number of carbonyl (C=O) groups is 3. The molecular weight excluding hydrogens is 805 g/mol. The summed E-state index contributed by atoms with van der Waals surface area (Å²) in [5.41, 5.74) is 0. The topological polar surface area (TPSA) is 78.9 Å². The average molecular weight is 895 g/mol. The second-order valence-corrected chi connectivity index (χ2v) is 15.9. The van der Waals surface area contributed by atoms with Gasteiger partial charge in [0.1, 0.15) is 13.2 Å². The Hall–Kier alpha value is -4.71. The maximum atomic E-state index is 12.7. The third-order valence-electron chi connectivity index (χ3n) is 9.85. The van der Waals surface area contributed by atoms with Gasteiger partial charge in [-0.15, -0.1) is 0 Å². The number of rotatable bonds is 43. The Kier molecular flexibility index (Phi) is 48.2. The molecule has 0 aromatic rings. The van der Waals surface area contributed by atoms with Gasteiger partial charge in [0.05, 0.1) is 6.42 Å². The van der Waals surface area contributed by atoms with Crippen molar-refractivity contribution < 1.29 is 28.6 Å². The highest BCUT2D eigenvalue weighted by Gasteiger charge is 2.19. The second-order valence-electron chi connectivity index (χ2n) is 15.9. The van der Waals surface area contributed by atoms with E-state index in [0.717, 1.165) is 141 Å². The van der Waals surface area contributed by atoms with Crippen molar-refractivity contribution in [3.05, 3.63) is 146 Å². The van der Waals surface area contributed by atoms with E-state index in [-0.39, 0.29) is 31.6 Å². The largest absolute Gasteiger partial charge is 0.462 e. The summed E-state index contributed by atoms with van der Waals surface area (Å²) in [7, 11) is 0. The van der Waals surface area contributed by atoms with Crippen LogP contribution in [0.25, 0.3) is 0 Å². The SMILES string of the molecule is CC/C=C\C/C=C\C/C=C\C/C=C\C/C=C\CC(=O)OC(COC(=O)CCCCCC/C=C\C/C=C\C/C=C\C/C=C\CC)COC(=O)CCCCCCC/C=C\C/C=C\C/C=C\CC. The van der Waals surface area contributed by atoms with E-state index in [4.69, 9.17) is 14.2 Å². The molecule has 0 saturated heterocycles. The first kappa shape index (κ1) is 60.3. The standard InChI is InChI=1S/C59H90O6/c1-4-7-10-13-16-19-22-25-28-29-32-34-37-40-43-46-49-52-58(61)64-55-56(65-59(62)53-50-47-44-41-38-35-31-27-24-21-18-15-12-9-6-3)54-63-57(60)51-48-45-42-39-36-33-30-26-23-20-17-14-11-8-5-2/h7-12,16-21,25-28,30-32,34,38,41,47,50,56H,4-6,13-15,22-24,29,33,35-37,39-40,42-46,48-49,51-55H2,1-3H3/b10-7-,11-8-,12-9-,19-16-,20-17-,21-18-,28-25-,30-26-,31-27-,34-32-,41-38-,50-47-. The molecule has 0 saturated carbocycles. The molecule has 65 heavy (non-hydrogen) atoms. The fourth-order valence-corrected chi connectivity index (χ4v) is 6.17. The quantitative estimate of drug-likeness (QED) is 0.0263. The molecule has 0 aromatic carbocycles. The van der Waals surface area contributed by atoms with Crippen LogP contribution in [0.5, 0.6) is 0 Å². The van der Waals surface area contributed by atoms with Gasteiger partial charge in [0, 0.05) is 12.8 Å². The lowest BCUT2D eigenvalue weighted by molar-refractivity contribution is -0.166. The molecule has 0 rings (SSSR count). The maximum absolute atomic E-state index is 12.7. The number of hydrogen-bond donors (Lipinski definition) is 0. The molecule has 6 nitrogen and oxygen atoms in total. The van der Waals surface area contributed by atoms with Crippen LogP contribution in [0.2, 0.25) is 0 Å². The van der Waals surface area contributed by atoms with Crippen molar-refractivity contribution in [1.82, 2.24) is 0 Å². The Bertz CT molecular complexity index is 1490. The summed E-state index contributed by atoms with van der Waals surface area (Å²) in [5.74, 6) is -1.12. The summed E-state index contributed by atoms with van der Waals surface area (Å²) in [4.78, 5) is 37.9. The first-order valence-corrected chi connectivity index (χ1v) is 25.3. The molecule has 362 valence electrons. The van der Waals surface area contributed by atoms with E-state index in [1.807, 2.05) is 6.08 Å². The van der Waals surface area contributed by atoms with E-state index in [0.29, 0.717) is 19.3 Å². The molecule has 0 bridgehead atoms. The Balaban J connectivity index is 4.61. The van der Waals surface area contributed by atoms with Gasteiger partial charge in [-0.25, -0.2) is 0 Å². The van der Waals surface area contributed by atoms with Crippen molar-refractivity contribution in [2.75, 3.05) is 13.2 Å². The van der Waals surface area contributed by atoms with Crippen molar-refractivity contribution in [3.8, 4) is 0 Å². The zero-order chi connectivity index (χ0) is 47.2. The molecule has 0 aliphatic carbocycles. The fourth-order valence-electron chi connectivity index (χ4n) is 6.17.